The fraction of sp³-hybridized carbons (Fsp3) is 0.261. The van der Waals surface area contributed by atoms with E-state index in [9.17, 15) is 0 Å². The summed E-state index contributed by atoms with van der Waals surface area (Å²) in [6.45, 7) is 21.2. The average Bonchev–Trinajstić information content (AvgIpc) is 3.51. The molecule has 0 N–H and O–H groups in total. The molecule has 0 bridgehead atoms. The zero-order valence-electron chi connectivity index (χ0n) is 31.4. The third-order valence-corrected chi connectivity index (χ3v) is 8.67. The molecule has 1 aliphatic heterocycles. The number of para-hydroxylation sites is 1. The van der Waals surface area contributed by atoms with Crippen molar-refractivity contribution in [2.75, 3.05) is 0 Å². The van der Waals surface area contributed by atoms with E-state index >= 15 is 0 Å². The van der Waals surface area contributed by atoms with Gasteiger partial charge in [0.05, 0.1) is 33.6 Å². The first-order chi connectivity index (χ1) is 24.4. The summed E-state index contributed by atoms with van der Waals surface area (Å²) >= 11 is 0. The lowest BCUT2D eigenvalue weighted by atomic mass is 10.0. The van der Waals surface area contributed by atoms with Gasteiger partial charge in [0.15, 0.2) is 0 Å². The quantitative estimate of drug-likeness (QED) is 0.0894. The zero-order valence-corrected chi connectivity index (χ0v) is 31.4. The molecule has 0 fully saturated rings. The van der Waals surface area contributed by atoms with Crippen molar-refractivity contribution in [3.05, 3.63) is 125 Å². The predicted octanol–water partition coefficient (Wildman–Crippen LogP) is 13.5. The first-order valence-corrected chi connectivity index (χ1v) is 17.7. The minimum Gasteiger partial charge on any atom is -0.311 e. The molecule has 1 aromatic carbocycles. The van der Waals surface area contributed by atoms with E-state index in [4.69, 9.17) is 9.98 Å². The third-order valence-electron chi connectivity index (χ3n) is 8.67. The Morgan fingerprint density at radius 3 is 2.30 bits per heavy atom. The van der Waals surface area contributed by atoms with Gasteiger partial charge in [-0.2, -0.15) is 0 Å². The van der Waals surface area contributed by atoms with Crippen LogP contribution in [0.15, 0.2) is 113 Å². The number of pyridine rings is 1. The smallest absolute Gasteiger partial charge is 0.0963 e. The number of allylic oxidation sites excluding steroid dienone is 12. The van der Waals surface area contributed by atoms with E-state index in [1.165, 1.54) is 39.0 Å². The predicted molar refractivity (Wildman–Crippen MR) is 225 cm³/mol. The number of hydrogen-bond acceptors (Lipinski definition) is 2. The van der Waals surface area contributed by atoms with Gasteiger partial charge in [-0.05, 0) is 102 Å². The van der Waals surface area contributed by atoms with Crippen molar-refractivity contribution in [3.63, 3.8) is 0 Å². The summed E-state index contributed by atoms with van der Waals surface area (Å²) in [4.78, 5) is 9.54. The highest BCUT2D eigenvalue weighted by atomic mass is 15.0. The summed E-state index contributed by atoms with van der Waals surface area (Å²) in [5.41, 5.74) is 14.1. The van der Waals surface area contributed by atoms with Gasteiger partial charge in [0.2, 0.25) is 0 Å². The lowest BCUT2D eigenvalue weighted by Crippen LogP contribution is -2.03. The number of fused-ring (bicyclic) bond motifs is 4. The van der Waals surface area contributed by atoms with E-state index in [-0.39, 0.29) is 0 Å². The molecule has 0 aliphatic carbocycles. The van der Waals surface area contributed by atoms with Crippen LogP contribution in [0.1, 0.15) is 98.0 Å². The summed E-state index contributed by atoms with van der Waals surface area (Å²) in [5.74, 6) is 0. The van der Waals surface area contributed by atoms with Gasteiger partial charge >= 0.3 is 0 Å². The Kier molecular flexibility index (Phi) is 15.3. The van der Waals surface area contributed by atoms with Crippen molar-refractivity contribution in [2.24, 2.45) is 4.99 Å². The van der Waals surface area contributed by atoms with Crippen LogP contribution in [0.2, 0.25) is 0 Å². The monoisotopic (exact) mass is 662 g/mol. The largest absolute Gasteiger partial charge is 0.311 e. The van der Waals surface area contributed by atoms with Gasteiger partial charge in [-0.1, -0.05) is 93.2 Å². The second-order valence-electron chi connectivity index (χ2n) is 11.7. The molecule has 0 saturated heterocycles. The van der Waals surface area contributed by atoms with Crippen LogP contribution in [0.5, 0.6) is 0 Å². The van der Waals surface area contributed by atoms with Gasteiger partial charge in [-0.3, -0.25) is 9.98 Å². The topological polar surface area (TPSA) is 35.1 Å². The van der Waals surface area contributed by atoms with Gasteiger partial charge in [-0.25, -0.2) is 0 Å². The molecule has 0 atom stereocenters. The first kappa shape index (κ1) is 39.0. The molecule has 0 amide bonds. The number of aliphatic imine (C=N–C) groups is 1. The maximum atomic E-state index is 4.82. The third kappa shape index (κ3) is 8.41. The maximum Gasteiger partial charge on any atom is 0.0963 e. The number of terminal acetylenes is 1. The Morgan fingerprint density at radius 1 is 0.920 bits per heavy atom. The van der Waals surface area contributed by atoms with E-state index in [1.54, 1.807) is 0 Å². The molecular weight excluding hydrogens is 609 g/mol. The van der Waals surface area contributed by atoms with Crippen molar-refractivity contribution in [1.82, 2.24) is 14.1 Å². The van der Waals surface area contributed by atoms with Crippen LogP contribution in [-0.4, -0.2) is 20.3 Å². The minimum atomic E-state index is 0.825. The Morgan fingerprint density at radius 2 is 1.62 bits per heavy atom. The summed E-state index contributed by atoms with van der Waals surface area (Å²) < 4.78 is 4.72. The van der Waals surface area contributed by atoms with Crippen molar-refractivity contribution >= 4 is 63.5 Å². The Hall–Kier alpha value is -5.40. The van der Waals surface area contributed by atoms with Crippen molar-refractivity contribution in [3.8, 4) is 12.8 Å². The molecule has 4 heteroatoms. The second kappa shape index (κ2) is 19.6. The normalized spacial score (nSPS) is 13.9. The highest BCUT2D eigenvalue weighted by Gasteiger charge is 2.21. The van der Waals surface area contributed by atoms with E-state index in [2.05, 4.69) is 155 Å². The van der Waals surface area contributed by atoms with Crippen LogP contribution >= 0.6 is 0 Å². The molecule has 0 saturated carbocycles. The summed E-state index contributed by atoms with van der Waals surface area (Å²) in [6.07, 6.45) is 37.2. The Labute approximate surface area is 301 Å². The van der Waals surface area contributed by atoms with E-state index in [0.29, 0.717) is 0 Å². The summed E-state index contributed by atoms with van der Waals surface area (Å²) in [5, 5.41) is 1.19. The summed E-state index contributed by atoms with van der Waals surface area (Å²) in [6, 6.07) is 12.8. The summed E-state index contributed by atoms with van der Waals surface area (Å²) in [7, 11) is 0. The zero-order chi connectivity index (χ0) is 36.6. The van der Waals surface area contributed by atoms with Gasteiger partial charge in [0.1, 0.15) is 0 Å². The van der Waals surface area contributed by atoms with Gasteiger partial charge < -0.3 is 9.13 Å². The molecule has 0 spiro atoms. The number of hydrogen-bond donors (Lipinski definition) is 0. The molecule has 4 heterocycles. The SMILES string of the molecule is C#C.C=Cc1c2c(n(C(/C=C\C)=C(C)C/C=C/C/C(C)=C(C)/C=C(\CC)n3c4ccccc4c4ncccc43)c1/C=C\C)C=CCC=N2.CC. The van der Waals surface area contributed by atoms with Crippen molar-refractivity contribution < 1.29 is 0 Å². The number of benzene rings is 1. The van der Waals surface area contributed by atoms with Crippen LogP contribution in [0.4, 0.5) is 5.69 Å². The number of aromatic nitrogens is 3. The molecule has 258 valence electrons. The fourth-order valence-corrected chi connectivity index (χ4v) is 6.21. The number of nitrogens with zero attached hydrogens (tertiary/aromatic N) is 4. The van der Waals surface area contributed by atoms with Crippen LogP contribution < -0.4 is 0 Å². The molecule has 5 rings (SSSR count). The van der Waals surface area contributed by atoms with Crippen molar-refractivity contribution in [1.29, 1.82) is 0 Å². The second-order valence-corrected chi connectivity index (χ2v) is 11.7. The molecule has 50 heavy (non-hydrogen) atoms. The fourth-order valence-electron chi connectivity index (χ4n) is 6.21. The van der Waals surface area contributed by atoms with Crippen molar-refractivity contribution in [2.45, 2.75) is 81.1 Å². The molecule has 0 radical (unpaired) electrons. The van der Waals surface area contributed by atoms with E-state index < -0.39 is 0 Å². The van der Waals surface area contributed by atoms with E-state index in [1.807, 2.05) is 38.4 Å². The van der Waals surface area contributed by atoms with Gasteiger partial charge in [-0.15, -0.1) is 12.8 Å². The Bertz CT molecular complexity index is 2000. The maximum absolute atomic E-state index is 4.82. The molecule has 4 aromatic rings. The van der Waals surface area contributed by atoms with Crippen LogP contribution in [0.25, 0.3) is 51.6 Å². The van der Waals surface area contributed by atoms with Gasteiger partial charge in [0.25, 0.3) is 0 Å². The Balaban J connectivity index is 0.00000163. The lowest BCUT2D eigenvalue weighted by Gasteiger charge is -2.15. The van der Waals surface area contributed by atoms with Crippen LogP contribution in [-0.2, 0) is 0 Å². The average molecular weight is 663 g/mol. The lowest BCUT2D eigenvalue weighted by molar-refractivity contribution is 1.04. The molecule has 0 unspecified atom stereocenters. The molecule has 1 aliphatic rings. The van der Waals surface area contributed by atoms with Gasteiger partial charge in [0, 0.05) is 41.2 Å². The highest BCUT2D eigenvalue weighted by molar-refractivity contribution is 6.07. The minimum absolute atomic E-state index is 0.825. The molecule has 3 aromatic heterocycles. The molecular formula is C46H54N4. The van der Waals surface area contributed by atoms with E-state index in [0.717, 1.165) is 59.4 Å². The van der Waals surface area contributed by atoms with Crippen LogP contribution in [0, 0.1) is 12.8 Å². The van der Waals surface area contributed by atoms with Crippen LogP contribution in [0.3, 0.4) is 0 Å². The highest BCUT2D eigenvalue weighted by Crippen LogP contribution is 2.39. The standard InChI is InChI=1S/C42H46N4.C2H6.C2H2/c1-8-19-36(46-37(20-9-2)34(11-4)41-40(46)25-16-17-27-43-41)31(6)22-13-12-21-30(5)32(7)29-33(10-3)45-38-24-15-14-23-35(38)42-39(45)26-18-28-44-42;2*1-2/h8-9,11-16,18-20,23-29H,4,10,17,21-22H2,1-3,5-7H3;1-2H3;1-2H/b13-12+,19-8-,20-9-,32-30+,33-29+,36-31?;;. The number of rotatable bonds is 11. The first-order valence-electron chi connectivity index (χ1n) is 17.7. The molecule has 4 nitrogen and oxygen atoms in total.